The minimum atomic E-state index is -4.09. The molecule has 4 aromatic carbocycles. The first-order valence-corrected chi connectivity index (χ1v) is 14.6. The van der Waals surface area contributed by atoms with Crippen molar-refractivity contribution in [1.82, 2.24) is 5.43 Å². The molecule has 0 aliphatic rings. The van der Waals surface area contributed by atoms with Crippen molar-refractivity contribution >= 4 is 62.1 Å². The number of hydrogen-bond acceptors (Lipinski definition) is 5. The van der Waals surface area contributed by atoms with Crippen molar-refractivity contribution in [3.8, 4) is 0 Å². The molecule has 0 aliphatic heterocycles. The Labute approximate surface area is 248 Å². The summed E-state index contributed by atoms with van der Waals surface area (Å²) in [5, 5.41) is 7.87. The maximum Gasteiger partial charge on any atom is 0.264 e. The number of rotatable bonds is 9. The molecule has 0 atom stereocenters. The molecule has 0 spiro atoms. The number of nitrogens with zero attached hydrogens (tertiary/aromatic N) is 2. The molecular weight excluding hydrogens is 583 g/mol. The van der Waals surface area contributed by atoms with Crippen LogP contribution in [0.15, 0.2) is 107 Å². The molecule has 2 amide bonds. The van der Waals surface area contributed by atoms with Crippen LogP contribution < -0.4 is 15.0 Å². The van der Waals surface area contributed by atoms with Gasteiger partial charge in [-0.25, -0.2) is 13.8 Å². The predicted octanol–water partition coefficient (Wildman–Crippen LogP) is 6.29. The van der Waals surface area contributed by atoms with Crippen LogP contribution in [0.4, 0.5) is 11.4 Å². The van der Waals surface area contributed by atoms with Gasteiger partial charge < -0.3 is 5.32 Å². The van der Waals surface area contributed by atoms with Crippen molar-refractivity contribution < 1.29 is 18.0 Å². The molecule has 8 nitrogen and oxygen atoms in total. The molecule has 0 unspecified atom stereocenters. The standard InChI is InChI=1S/C30H26Cl2N4O4S/c1-20-16-25(32)14-15-28(20)36(41(39,40)27-12-4-3-5-13-27)19-29(37)35-34-21(2)22-8-7-11-26(18-22)33-30(38)23-9-6-10-24(31)17-23/h3-18H,19H2,1-2H3,(H,33,38)(H,35,37)/b34-21-. The number of aryl methyl sites for hydroxylation is 1. The van der Waals surface area contributed by atoms with Crippen LogP contribution >= 0.6 is 23.2 Å². The second-order valence-corrected chi connectivity index (χ2v) is 11.8. The summed E-state index contributed by atoms with van der Waals surface area (Å²) < 4.78 is 28.1. The zero-order chi connectivity index (χ0) is 29.6. The molecule has 0 fully saturated rings. The van der Waals surface area contributed by atoms with Crippen molar-refractivity contribution in [2.45, 2.75) is 18.7 Å². The van der Waals surface area contributed by atoms with Crippen molar-refractivity contribution in [2.24, 2.45) is 5.10 Å². The van der Waals surface area contributed by atoms with Crippen LogP contribution in [0.2, 0.25) is 10.0 Å². The Morgan fingerprint density at radius 3 is 2.22 bits per heavy atom. The Hall–Kier alpha value is -4.18. The van der Waals surface area contributed by atoms with Crippen LogP contribution in [-0.4, -0.2) is 32.5 Å². The van der Waals surface area contributed by atoms with Gasteiger partial charge in [0.1, 0.15) is 6.54 Å². The summed E-state index contributed by atoms with van der Waals surface area (Å²) in [4.78, 5) is 25.6. The highest BCUT2D eigenvalue weighted by Crippen LogP contribution is 2.28. The molecule has 0 bridgehead atoms. The number of amides is 2. The predicted molar refractivity (Wildman–Crippen MR) is 163 cm³/mol. The monoisotopic (exact) mass is 608 g/mol. The third-order valence-corrected chi connectivity index (χ3v) is 8.26. The lowest BCUT2D eigenvalue weighted by molar-refractivity contribution is -0.119. The largest absolute Gasteiger partial charge is 0.322 e. The van der Waals surface area contributed by atoms with E-state index < -0.39 is 22.5 Å². The summed E-state index contributed by atoms with van der Waals surface area (Å²) >= 11 is 12.1. The van der Waals surface area contributed by atoms with Gasteiger partial charge in [0.05, 0.1) is 16.3 Å². The van der Waals surface area contributed by atoms with Crippen molar-refractivity contribution in [2.75, 3.05) is 16.2 Å². The van der Waals surface area contributed by atoms with Crippen molar-refractivity contribution in [3.63, 3.8) is 0 Å². The lowest BCUT2D eigenvalue weighted by atomic mass is 10.1. The van der Waals surface area contributed by atoms with E-state index in [-0.39, 0.29) is 10.8 Å². The van der Waals surface area contributed by atoms with Gasteiger partial charge in [-0.1, -0.05) is 59.6 Å². The first-order valence-electron chi connectivity index (χ1n) is 12.4. The van der Waals surface area contributed by atoms with Gasteiger partial charge in [0, 0.05) is 21.3 Å². The highest BCUT2D eigenvalue weighted by molar-refractivity contribution is 7.92. The van der Waals surface area contributed by atoms with E-state index in [1.165, 1.54) is 12.1 Å². The first-order chi connectivity index (χ1) is 19.5. The number of halogens is 2. The number of carbonyl (C=O) groups is 2. The molecule has 0 radical (unpaired) electrons. The smallest absolute Gasteiger partial charge is 0.264 e. The molecule has 2 N–H and O–H groups in total. The van der Waals surface area contributed by atoms with E-state index in [0.29, 0.717) is 43.8 Å². The minimum absolute atomic E-state index is 0.0402. The quantitative estimate of drug-likeness (QED) is 0.172. The van der Waals surface area contributed by atoms with E-state index in [1.807, 2.05) is 0 Å². The van der Waals surface area contributed by atoms with Crippen LogP contribution in [0.1, 0.15) is 28.4 Å². The Bertz CT molecular complexity index is 1730. The molecule has 0 saturated heterocycles. The van der Waals surface area contributed by atoms with Crippen molar-refractivity contribution in [1.29, 1.82) is 0 Å². The van der Waals surface area contributed by atoms with E-state index >= 15 is 0 Å². The molecule has 0 heterocycles. The molecule has 0 saturated carbocycles. The van der Waals surface area contributed by atoms with Gasteiger partial charge in [0.25, 0.3) is 21.8 Å². The molecule has 11 heteroatoms. The number of carbonyl (C=O) groups excluding carboxylic acids is 2. The van der Waals surface area contributed by atoms with Crippen LogP contribution in [-0.2, 0) is 14.8 Å². The number of hydrazone groups is 1. The number of nitrogens with one attached hydrogen (secondary N) is 2. The van der Waals surface area contributed by atoms with Crippen LogP contribution in [0.5, 0.6) is 0 Å². The van der Waals surface area contributed by atoms with E-state index in [2.05, 4.69) is 15.8 Å². The Balaban J connectivity index is 1.52. The van der Waals surface area contributed by atoms with Crippen LogP contribution in [0.3, 0.4) is 0 Å². The molecule has 4 rings (SSSR count). The average Bonchev–Trinajstić information content (AvgIpc) is 2.95. The molecule has 210 valence electrons. The Kier molecular flexibility index (Phi) is 9.44. The molecule has 4 aromatic rings. The third kappa shape index (κ3) is 7.52. The van der Waals surface area contributed by atoms with E-state index in [0.717, 1.165) is 4.31 Å². The number of benzene rings is 4. The Morgan fingerprint density at radius 1 is 0.829 bits per heavy atom. The highest BCUT2D eigenvalue weighted by atomic mass is 35.5. The van der Waals surface area contributed by atoms with Gasteiger partial charge in [-0.15, -0.1) is 0 Å². The zero-order valence-corrected chi connectivity index (χ0v) is 24.5. The van der Waals surface area contributed by atoms with Gasteiger partial charge in [-0.2, -0.15) is 5.10 Å². The van der Waals surface area contributed by atoms with Gasteiger partial charge in [-0.05, 0) is 85.6 Å². The van der Waals surface area contributed by atoms with Gasteiger partial charge in [-0.3, -0.25) is 13.9 Å². The van der Waals surface area contributed by atoms with Crippen molar-refractivity contribution in [3.05, 3.63) is 124 Å². The fraction of sp³-hybridized carbons (Fsp3) is 0.100. The molecule has 0 aliphatic carbocycles. The second-order valence-electron chi connectivity index (χ2n) is 9.03. The fourth-order valence-corrected chi connectivity index (χ4v) is 5.87. The van der Waals surface area contributed by atoms with Gasteiger partial charge in [0.2, 0.25) is 0 Å². The number of anilines is 2. The van der Waals surface area contributed by atoms with Gasteiger partial charge in [0.15, 0.2) is 0 Å². The maximum atomic E-state index is 13.5. The molecule has 41 heavy (non-hydrogen) atoms. The summed E-state index contributed by atoms with van der Waals surface area (Å²) in [6.45, 7) is 2.87. The summed E-state index contributed by atoms with van der Waals surface area (Å²) in [7, 11) is -4.09. The van der Waals surface area contributed by atoms with Crippen LogP contribution in [0.25, 0.3) is 0 Å². The normalized spacial score (nSPS) is 11.6. The lowest BCUT2D eigenvalue weighted by Gasteiger charge is -2.25. The van der Waals surface area contributed by atoms with E-state index in [4.69, 9.17) is 23.2 Å². The topological polar surface area (TPSA) is 108 Å². The number of sulfonamides is 1. The number of hydrogen-bond donors (Lipinski definition) is 2. The van der Waals surface area contributed by atoms with E-state index in [9.17, 15) is 18.0 Å². The van der Waals surface area contributed by atoms with E-state index in [1.54, 1.807) is 98.8 Å². The lowest BCUT2D eigenvalue weighted by Crippen LogP contribution is -2.40. The van der Waals surface area contributed by atoms with Gasteiger partial charge >= 0.3 is 0 Å². The molecular formula is C30H26Cl2N4O4S. The summed E-state index contributed by atoms with van der Waals surface area (Å²) in [5.41, 5.74) is 5.35. The SMILES string of the molecule is C/C(=N/NC(=O)CN(c1ccc(Cl)cc1C)S(=O)(=O)c1ccccc1)c1cccc(NC(=O)c2cccc(Cl)c2)c1. The first kappa shape index (κ1) is 29.8. The second kappa shape index (κ2) is 13.0. The Morgan fingerprint density at radius 2 is 1.51 bits per heavy atom. The minimum Gasteiger partial charge on any atom is -0.322 e. The third-order valence-electron chi connectivity index (χ3n) is 6.02. The molecule has 0 aromatic heterocycles. The fourth-order valence-electron chi connectivity index (χ4n) is 3.95. The summed E-state index contributed by atoms with van der Waals surface area (Å²) in [5.74, 6) is -0.978. The maximum absolute atomic E-state index is 13.5. The van der Waals surface area contributed by atoms with Crippen LogP contribution in [0, 0.1) is 6.92 Å². The summed E-state index contributed by atoms with van der Waals surface area (Å²) in [6.07, 6.45) is 0. The summed E-state index contributed by atoms with van der Waals surface area (Å²) in [6, 6.07) is 26.1. The zero-order valence-electron chi connectivity index (χ0n) is 22.1. The average molecular weight is 610 g/mol. The highest BCUT2D eigenvalue weighted by Gasteiger charge is 2.28.